The predicted molar refractivity (Wildman–Crippen MR) is 159 cm³/mol. The molecule has 4 heterocycles. The van der Waals surface area contributed by atoms with Gasteiger partial charge in [-0.1, -0.05) is 6.07 Å². The number of Topliss-reactive ketones (excluding diaryl/α,β-unsaturated/α-hetero) is 1. The highest BCUT2D eigenvalue weighted by molar-refractivity contribution is 6.18. The largest absolute Gasteiger partial charge is 0.493 e. The van der Waals surface area contributed by atoms with Crippen molar-refractivity contribution in [2.45, 2.75) is 55.3 Å². The van der Waals surface area contributed by atoms with Crippen LogP contribution in [0.2, 0.25) is 0 Å². The van der Waals surface area contributed by atoms with Gasteiger partial charge in [0.1, 0.15) is 36.6 Å². The fraction of sp³-hybridized carbons (Fsp3) is 0.469. The molecule has 16 nitrogen and oxygen atoms in total. The number of carbonyl (C=O) groups excluding carboxylic acids is 1. The first-order valence-electron chi connectivity index (χ1n) is 15.1. The first kappa shape index (κ1) is 32.6. The number of aliphatic hydroxyl groups is 6. The Morgan fingerprint density at radius 1 is 0.812 bits per heavy atom. The number of ether oxygens (including phenoxy) is 9. The van der Waals surface area contributed by atoms with Gasteiger partial charge in [-0.3, -0.25) is 4.79 Å². The maximum absolute atomic E-state index is 13.5. The summed E-state index contributed by atoms with van der Waals surface area (Å²) in [5, 5.41) is 63.1. The molecule has 258 valence electrons. The Labute approximate surface area is 272 Å². The first-order chi connectivity index (χ1) is 23.1. The zero-order valence-electron chi connectivity index (χ0n) is 25.7. The molecule has 0 aromatic heterocycles. The van der Waals surface area contributed by atoms with Crippen LogP contribution in [0.5, 0.6) is 34.5 Å². The molecular weight excluding hydrogens is 640 g/mol. The molecule has 0 spiro atoms. The van der Waals surface area contributed by atoms with E-state index in [4.69, 9.17) is 42.6 Å². The Kier molecular flexibility index (Phi) is 8.69. The molecule has 6 N–H and O–H groups in total. The van der Waals surface area contributed by atoms with E-state index in [0.29, 0.717) is 44.9 Å². The van der Waals surface area contributed by atoms with Crippen LogP contribution in [-0.2, 0) is 14.2 Å². The second kappa shape index (κ2) is 12.8. The molecule has 0 bridgehead atoms. The van der Waals surface area contributed by atoms with Crippen molar-refractivity contribution in [3.05, 3.63) is 35.9 Å². The molecule has 48 heavy (non-hydrogen) atoms. The van der Waals surface area contributed by atoms with Crippen LogP contribution >= 0.6 is 0 Å². The van der Waals surface area contributed by atoms with Crippen molar-refractivity contribution in [3.63, 3.8) is 0 Å². The fourth-order valence-corrected chi connectivity index (χ4v) is 6.30. The topological polar surface area (TPSA) is 222 Å². The second-order valence-corrected chi connectivity index (χ2v) is 11.6. The number of benzene rings is 3. The average molecular weight is 675 g/mol. The van der Waals surface area contributed by atoms with E-state index in [-0.39, 0.29) is 36.2 Å². The zero-order chi connectivity index (χ0) is 33.9. The third-order valence-corrected chi connectivity index (χ3v) is 8.81. The first-order valence-corrected chi connectivity index (χ1v) is 15.1. The van der Waals surface area contributed by atoms with Crippen molar-refractivity contribution in [1.82, 2.24) is 0 Å². The standard InChI is InChI=1S/C32H34O16/c1-40-18-6-13-14(7-19(18)41-2)28(29-23(15(34)9-42-29)22(13)12-3-4-17-20(5-12)45-11-44-17)47-32-30(24(36)16(35)10-43-32)48-31-27(39)26(38)25(37)21(8-33)46-31/h3-7,16,21,24-27,30-33,35-39H,8-11H2,1-2H3/t16-,21-,24+,25-,26-,27-,30+,31-,32+/m1/s1. The molecule has 2 fully saturated rings. The van der Waals surface area contributed by atoms with Crippen LogP contribution in [0, 0.1) is 0 Å². The number of aliphatic hydroxyl groups excluding tert-OH is 6. The molecule has 16 heteroatoms. The van der Waals surface area contributed by atoms with Gasteiger partial charge < -0.3 is 73.3 Å². The number of ketones is 1. The second-order valence-electron chi connectivity index (χ2n) is 11.6. The Balaban J connectivity index is 1.35. The molecule has 3 aromatic carbocycles. The third kappa shape index (κ3) is 5.35. The molecule has 0 aliphatic carbocycles. The van der Waals surface area contributed by atoms with E-state index in [2.05, 4.69) is 0 Å². The van der Waals surface area contributed by atoms with Gasteiger partial charge in [-0.05, 0) is 35.2 Å². The van der Waals surface area contributed by atoms with Crippen molar-refractivity contribution in [2.75, 3.05) is 40.8 Å². The number of carbonyl (C=O) groups is 1. The summed E-state index contributed by atoms with van der Waals surface area (Å²) in [5.74, 6) is 1.40. The smallest absolute Gasteiger partial charge is 0.231 e. The highest BCUT2D eigenvalue weighted by Gasteiger charge is 2.49. The summed E-state index contributed by atoms with van der Waals surface area (Å²) in [7, 11) is 2.91. The Bertz CT molecular complexity index is 1710. The summed E-state index contributed by atoms with van der Waals surface area (Å²) in [6, 6.07) is 8.54. The lowest BCUT2D eigenvalue weighted by molar-refractivity contribution is -0.348. The van der Waals surface area contributed by atoms with E-state index in [1.54, 1.807) is 30.3 Å². The minimum atomic E-state index is -1.82. The molecule has 0 radical (unpaired) electrons. The van der Waals surface area contributed by atoms with Crippen LogP contribution in [0.25, 0.3) is 21.9 Å². The summed E-state index contributed by atoms with van der Waals surface area (Å²) in [4.78, 5) is 13.5. The highest BCUT2D eigenvalue weighted by Crippen LogP contribution is 2.52. The van der Waals surface area contributed by atoms with Gasteiger partial charge in [0.25, 0.3) is 0 Å². The summed E-state index contributed by atoms with van der Waals surface area (Å²) < 4.78 is 51.6. The summed E-state index contributed by atoms with van der Waals surface area (Å²) >= 11 is 0. The van der Waals surface area contributed by atoms with Crippen molar-refractivity contribution in [1.29, 1.82) is 0 Å². The molecule has 3 aromatic rings. The van der Waals surface area contributed by atoms with E-state index < -0.39 is 68.5 Å². The number of hydrogen-bond donors (Lipinski definition) is 6. The SMILES string of the molecule is COc1cc2c(O[C@@H]3OC[C@@H](O)[C@H](O)[C@@H]3O[C@H]3O[C@H](CO)[C@@H](O)[C@@H](O)[C@H]3O)c3c(c(-c4ccc5c(c4)OCO5)c2cc1OC)C(=O)CO3. The lowest BCUT2D eigenvalue weighted by Crippen LogP contribution is -2.63. The van der Waals surface area contributed by atoms with Crippen molar-refractivity contribution in [2.24, 2.45) is 0 Å². The van der Waals surface area contributed by atoms with E-state index in [1.165, 1.54) is 14.2 Å². The molecule has 0 amide bonds. The lowest BCUT2D eigenvalue weighted by atomic mass is 9.90. The average Bonchev–Trinajstić information content (AvgIpc) is 3.73. The monoisotopic (exact) mass is 674 g/mol. The van der Waals surface area contributed by atoms with Gasteiger partial charge in [0.15, 0.2) is 53.5 Å². The molecule has 0 unspecified atom stereocenters. The van der Waals surface area contributed by atoms with Crippen LogP contribution in [0.15, 0.2) is 30.3 Å². The lowest BCUT2D eigenvalue weighted by Gasteiger charge is -2.44. The molecule has 7 rings (SSSR count). The fourth-order valence-electron chi connectivity index (χ4n) is 6.30. The Morgan fingerprint density at radius 2 is 1.54 bits per heavy atom. The normalized spacial score (nSPS) is 31.0. The minimum Gasteiger partial charge on any atom is -0.493 e. The van der Waals surface area contributed by atoms with Gasteiger partial charge in [-0.15, -0.1) is 0 Å². The van der Waals surface area contributed by atoms with Crippen LogP contribution in [0.3, 0.4) is 0 Å². The van der Waals surface area contributed by atoms with Crippen LogP contribution in [0.4, 0.5) is 0 Å². The van der Waals surface area contributed by atoms with E-state index in [1.807, 2.05) is 0 Å². The van der Waals surface area contributed by atoms with Gasteiger partial charge in [0.2, 0.25) is 18.9 Å². The molecule has 0 saturated carbocycles. The van der Waals surface area contributed by atoms with Gasteiger partial charge in [0, 0.05) is 10.9 Å². The van der Waals surface area contributed by atoms with Crippen LogP contribution in [-0.4, -0.2) is 133 Å². The van der Waals surface area contributed by atoms with E-state index in [9.17, 15) is 35.4 Å². The Hall–Kier alpha value is -3.97. The van der Waals surface area contributed by atoms with Crippen molar-refractivity contribution >= 4 is 16.6 Å². The molecule has 4 aliphatic rings. The summed E-state index contributed by atoms with van der Waals surface area (Å²) in [6.45, 7) is -1.38. The molecule has 4 aliphatic heterocycles. The van der Waals surface area contributed by atoms with Gasteiger partial charge in [-0.2, -0.15) is 0 Å². The summed E-state index contributed by atoms with van der Waals surface area (Å²) in [5.41, 5.74) is 1.28. The molecule has 9 atom stereocenters. The highest BCUT2D eigenvalue weighted by atomic mass is 16.8. The van der Waals surface area contributed by atoms with Crippen molar-refractivity contribution in [3.8, 4) is 45.6 Å². The quantitative estimate of drug-likeness (QED) is 0.177. The maximum Gasteiger partial charge on any atom is 0.231 e. The Morgan fingerprint density at radius 3 is 2.27 bits per heavy atom. The van der Waals surface area contributed by atoms with Crippen LogP contribution in [0.1, 0.15) is 10.4 Å². The number of hydrogen-bond acceptors (Lipinski definition) is 16. The van der Waals surface area contributed by atoms with Crippen molar-refractivity contribution < 1.29 is 78.1 Å². The van der Waals surface area contributed by atoms with E-state index >= 15 is 0 Å². The zero-order valence-corrected chi connectivity index (χ0v) is 25.7. The summed E-state index contributed by atoms with van der Waals surface area (Å²) in [6.07, 6.45) is -14.5. The van der Waals surface area contributed by atoms with Gasteiger partial charge >= 0.3 is 0 Å². The van der Waals surface area contributed by atoms with Gasteiger partial charge in [-0.25, -0.2) is 0 Å². The molecule has 2 saturated heterocycles. The molecular formula is C32H34O16. The number of fused-ring (bicyclic) bond motifs is 3. The number of methoxy groups -OCH3 is 2. The minimum absolute atomic E-state index is 0.00675. The van der Waals surface area contributed by atoms with Gasteiger partial charge in [0.05, 0.1) is 33.0 Å². The maximum atomic E-state index is 13.5. The number of rotatable bonds is 8. The van der Waals surface area contributed by atoms with E-state index in [0.717, 1.165) is 0 Å². The third-order valence-electron chi connectivity index (χ3n) is 8.81. The predicted octanol–water partition coefficient (Wildman–Crippen LogP) is -0.530. The van der Waals surface area contributed by atoms with Crippen LogP contribution < -0.4 is 28.4 Å².